The third-order valence-corrected chi connectivity index (χ3v) is 4.07. The largest absolute Gasteiger partial charge is 0.329 e. The zero-order valence-corrected chi connectivity index (χ0v) is 11.4. The average Bonchev–Trinajstić information content (AvgIpc) is 2.61. The minimum atomic E-state index is -0.793. The van der Waals surface area contributed by atoms with Gasteiger partial charge in [0.1, 0.15) is 0 Å². The van der Waals surface area contributed by atoms with Gasteiger partial charge >= 0.3 is 0 Å². The molecule has 0 saturated carbocycles. The van der Waals surface area contributed by atoms with Crippen molar-refractivity contribution in [3.8, 4) is 0 Å². The summed E-state index contributed by atoms with van der Waals surface area (Å²) in [5.41, 5.74) is 6.22. The molecule has 1 saturated heterocycles. The molecule has 2 nitrogen and oxygen atoms in total. The van der Waals surface area contributed by atoms with E-state index in [0.717, 1.165) is 25.5 Å². The van der Waals surface area contributed by atoms with Gasteiger partial charge in [-0.25, -0.2) is 8.78 Å². The normalized spacial score (nSPS) is 23.1. The zero-order chi connectivity index (χ0) is 13.8. The lowest BCUT2D eigenvalue weighted by atomic mass is 10.0. The van der Waals surface area contributed by atoms with E-state index in [-0.39, 0.29) is 6.04 Å². The first-order chi connectivity index (χ1) is 9.15. The Morgan fingerprint density at radius 1 is 1.32 bits per heavy atom. The molecule has 106 valence electrons. The smallest absolute Gasteiger partial charge is 0.163 e. The fraction of sp³-hybridized carbons (Fsp3) is 0.600. The number of benzene rings is 1. The highest BCUT2D eigenvalue weighted by Crippen LogP contribution is 2.29. The number of likely N-dealkylation sites (tertiary alicyclic amines) is 1. The highest BCUT2D eigenvalue weighted by Gasteiger charge is 2.27. The summed E-state index contributed by atoms with van der Waals surface area (Å²) in [4.78, 5) is 2.23. The molecule has 0 spiro atoms. The van der Waals surface area contributed by atoms with Crippen LogP contribution < -0.4 is 5.73 Å². The lowest BCUT2D eigenvalue weighted by Gasteiger charge is -2.35. The maximum Gasteiger partial charge on any atom is 0.163 e. The summed E-state index contributed by atoms with van der Waals surface area (Å²) in [5.74, 6) is -1.55. The van der Waals surface area contributed by atoms with Crippen molar-refractivity contribution in [2.24, 2.45) is 5.73 Å². The van der Waals surface area contributed by atoms with Crippen LogP contribution in [-0.2, 0) is 0 Å². The van der Waals surface area contributed by atoms with Crippen LogP contribution in [0.1, 0.15) is 44.2 Å². The Kier molecular flexibility index (Phi) is 4.88. The molecule has 2 atom stereocenters. The lowest BCUT2D eigenvalue weighted by Crippen LogP contribution is -2.40. The van der Waals surface area contributed by atoms with E-state index in [1.165, 1.54) is 12.8 Å². The molecule has 0 aromatic heterocycles. The van der Waals surface area contributed by atoms with E-state index < -0.39 is 11.6 Å². The summed E-state index contributed by atoms with van der Waals surface area (Å²) in [6, 6.07) is 4.48. The number of rotatable bonds is 3. The summed E-state index contributed by atoms with van der Waals surface area (Å²) in [6.07, 6.45) is 4.58. The maximum atomic E-state index is 14.0. The molecular formula is C15H22F2N2. The molecule has 2 unspecified atom stereocenters. The van der Waals surface area contributed by atoms with Crippen molar-refractivity contribution in [1.82, 2.24) is 4.90 Å². The zero-order valence-electron chi connectivity index (χ0n) is 11.4. The lowest BCUT2D eigenvalue weighted by molar-refractivity contribution is 0.147. The molecule has 1 heterocycles. The molecule has 2 N–H and O–H groups in total. The number of nitrogens with two attached hydrogens (primary N) is 1. The van der Waals surface area contributed by atoms with Crippen molar-refractivity contribution in [3.05, 3.63) is 35.4 Å². The maximum absolute atomic E-state index is 14.0. The van der Waals surface area contributed by atoms with Crippen molar-refractivity contribution >= 4 is 0 Å². The van der Waals surface area contributed by atoms with Gasteiger partial charge in [0.15, 0.2) is 11.6 Å². The van der Waals surface area contributed by atoms with Gasteiger partial charge in [-0.3, -0.25) is 4.90 Å². The number of nitrogens with zero attached hydrogens (tertiary/aromatic N) is 1. The summed E-state index contributed by atoms with van der Waals surface area (Å²) in [7, 11) is 0. The van der Waals surface area contributed by atoms with Gasteiger partial charge in [-0.1, -0.05) is 25.0 Å². The number of hydrogen-bond donors (Lipinski definition) is 1. The quantitative estimate of drug-likeness (QED) is 0.912. The van der Waals surface area contributed by atoms with E-state index in [1.807, 2.05) is 0 Å². The van der Waals surface area contributed by atoms with Gasteiger partial charge in [-0.05, 0) is 32.4 Å². The Labute approximate surface area is 113 Å². The SMILES string of the molecule is CC1CCCCCN1C(CN)c1cccc(F)c1F. The van der Waals surface area contributed by atoms with Crippen LogP contribution in [0.25, 0.3) is 0 Å². The third-order valence-electron chi connectivity index (χ3n) is 4.07. The second-order valence-corrected chi connectivity index (χ2v) is 5.33. The molecule has 0 aliphatic carbocycles. The molecule has 19 heavy (non-hydrogen) atoms. The van der Waals surface area contributed by atoms with Crippen LogP contribution >= 0.6 is 0 Å². The Hall–Kier alpha value is -1.00. The highest BCUT2D eigenvalue weighted by molar-refractivity contribution is 5.23. The van der Waals surface area contributed by atoms with Gasteiger partial charge in [-0.15, -0.1) is 0 Å². The van der Waals surface area contributed by atoms with Crippen molar-refractivity contribution in [3.63, 3.8) is 0 Å². The molecule has 0 radical (unpaired) electrons. The van der Waals surface area contributed by atoms with Gasteiger partial charge in [0.2, 0.25) is 0 Å². The molecule has 1 fully saturated rings. The topological polar surface area (TPSA) is 29.3 Å². The van der Waals surface area contributed by atoms with Crippen molar-refractivity contribution in [2.45, 2.75) is 44.7 Å². The molecule has 4 heteroatoms. The van der Waals surface area contributed by atoms with Gasteiger partial charge in [0.05, 0.1) is 6.04 Å². The molecule has 1 aliphatic rings. The van der Waals surface area contributed by atoms with Crippen LogP contribution in [0.2, 0.25) is 0 Å². The van der Waals surface area contributed by atoms with Gasteiger partial charge in [-0.2, -0.15) is 0 Å². The highest BCUT2D eigenvalue weighted by atomic mass is 19.2. The standard InChI is InChI=1S/C15H22F2N2/c1-11-6-3-2-4-9-19(11)14(10-18)12-7-5-8-13(16)15(12)17/h5,7-8,11,14H,2-4,6,9-10,18H2,1H3. The van der Waals surface area contributed by atoms with Crippen LogP contribution in [-0.4, -0.2) is 24.0 Å². The second-order valence-electron chi connectivity index (χ2n) is 5.33. The van der Waals surface area contributed by atoms with Crippen LogP contribution in [0.15, 0.2) is 18.2 Å². The second kappa shape index (κ2) is 6.44. The van der Waals surface area contributed by atoms with Gasteiger partial charge < -0.3 is 5.73 Å². The molecule has 0 amide bonds. The first-order valence-electron chi connectivity index (χ1n) is 7.05. The summed E-state index contributed by atoms with van der Waals surface area (Å²) in [5, 5.41) is 0. The van der Waals surface area contributed by atoms with Crippen LogP contribution in [0.3, 0.4) is 0 Å². The Bertz CT molecular complexity index is 423. The minimum absolute atomic E-state index is 0.233. The van der Waals surface area contributed by atoms with Gasteiger partial charge in [0, 0.05) is 18.2 Å². The first-order valence-corrected chi connectivity index (χ1v) is 7.05. The summed E-state index contributed by atoms with van der Waals surface area (Å²) < 4.78 is 27.4. The van der Waals surface area contributed by atoms with Crippen LogP contribution in [0, 0.1) is 11.6 Å². The summed E-state index contributed by atoms with van der Waals surface area (Å²) in [6.45, 7) is 3.36. The van der Waals surface area contributed by atoms with Crippen LogP contribution in [0.5, 0.6) is 0 Å². The van der Waals surface area contributed by atoms with E-state index in [4.69, 9.17) is 5.73 Å². The van der Waals surface area contributed by atoms with Crippen molar-refractivity contribution < 1.29 is 8.78 Å². The van der Waals surface area contributed by atoms with Gasteiger partial charge in [0.25, 0.3) is 0 Å². The molecule has 1 aromatic carbocycles. The minimum Gasteiger partial charge on any atom is -0.329 e. The van der Waals surface area contributed by atoms with E-state index in [9.17, 15) is 8.78 Å². The third kappa shape index (κ3) is 3.12. The van der Waals surface area contributed by atoms with E-state index >= 15 is 0 Å². The monoisotopic (exact) mass is 268 g/mol. The van der Waals surface area contributed by atoms with E-state index in [0.29, 0.717) is 18.2 Å². The van der Waals surface area contributed by atoms with Crippen molar-refractivity contribution in [1.29, 1.82) is 0 Å². The van der Waals surface area contributed by atoms with E-state index in [2.05, 4.69) is 11.8 Å². The summed E-state index contributed by atoms with van der Waals surface area (Å²) >= 11 is 0. The fourth-order valence-corrected chi connectivity index (χ4v) is 2.98. The number of hydrogen-bond acceptors (Lipinski definition) is 2. The van der Waals surface area contributed by atoms with E-state index in [1.54, 1.807) is 12.1 Å². The Morgan fingerprint density at radius 3 is 2.84 bits per heavy atom. The molecule has 1 aromatic rings. The molecule has 0 bridgehead atoms. The Morgan fingerprint density at radius 2 is 2.11 bits per heavy atom. The average molecular weight is 268 g/mol. The number of halogens is 2. The fourth-order valence-electron chi connectivity index (χ4n) is 2.98. The predicted octanol–water partition coefficient (Wildman–Crippen LogP) is 3.23. The molecular weight excluding hydrogens is 246 g/mol. The predicted molar refractivity (Wildman–Crippen MR) is 72.8 cm³/mol. The first kappa shape index (κ1) is 14.4. The molecule has 1 aliphatic heterocycles. The Balaban J connectivity index is 2.30. The van der Waals surface area contributed by atoms with Crippen LogP contribution in [0.4, 0.5) is 8.78 Å². The van der Waals surface area contributed by atoms with Crippen molar-refractivity contribution in [2.75, 3.05) is 13.1 Å². The molecule has 2 rings (SSSR count).